The van der Waals surface area contributed by atoms with E-state index in [4.69, 9.17) is 15.6 Å². The molecule has 1 aliphatic rings. The monoisotopic (exact) mass is 277 g/mol. The average Bonchev–Trinajstić information content (AvgIpc) is 2.37. The number of aliphatic hydroxyl groups is 4. The van der Waals surface area contributed by atoms with Crippen LogP contribution in [0.2, 0.25) is 0 Å². The zero-order valence-corrected chi connectivity index (χ0v) is 11.7. The summed E-state index contributed by atoms with van der Waals surface area (Å²) in [5.41, 5.74) is 4.47. The fourth-order valence-corrected chi connectivity index (χ4v) is 2.50. The smallest absolute Gasteiger partial charge is 0.186 e. The van der Waals surface area contributed by atoms with Gasteiger partial charge in [-0.15, -0.1) is 0 Å². The van der Waals surface area contributed by atoms with Crippen LogP contribution in [-0.4, -0.2) is 56.7 Å². The molecule has 0 aromatic heterocycles. The predicted octanol–water partition coefficient (Wildman–Crippen LogP) is -0.524. The lowest BCUT2D eigenvalue weighted by atomic mass is 9.77. The molecule has 6 heteroatoms. The molecule has 1 saturated heterocycles. The third-order valence-corrected chi connectivity index (χ3v) is 4.06. The van der Waals surface area contributed by atoms with Gasteiger partial charge in [-0.05, 0) is 13.3 Å². The summed E-state index contributed by atoms with van der Waals surface area (Å²) < 4.78 is 5.37. The molecule has 0 aromatic carbocycles. The van der Waals surface area contributed by atoms with E-state index in [1.807, 2.05) is 0 Å². The molecule has 0 amide bonds. The highest BCUT2D eigenvalue weighted by molar-refractivity contribution is 5.07. The van der Waals surface area contributed by atoms with Gasteiger partial charge in [0.25, 0.3) is 0 Å². The second kappa shape index (κ2) is 6.47. The Morgan fingerprint density at radius 3 is 2.37 bits per heavy atom. The van der Waals surface area contributed by atoms with Gasteiger partial charge in [0.1, 0.15) is 18.3 Å². The first-order chi connectivity index (χ1) is 8.80. The molecule has 5 atom stereocenters. The number of aliphatic hydroxyl groups excluding tert-OH is 3. The van der Waals surface area contributed by atoms with Crippen LogP contribution < -0.4 is 5.73 Å². The van der Waals surface area contributed by atoms with Gasteiger partial charge in [-0.2, -0.15) is 0 Å². The lowest BCUT2D eigenvalue weighted by molar-refractivity contribution is -0.341. The maximum absolute atomic E-state index is 10.6. The van der Waals surface area contributed by atoms with E-state index >= 15 is 0 Å². The van der Waals surface area contributed by atoms with Gasteiger partial charge in [-0.1, -0.05) is 26.2 Å². The van der Waals surface area contributed by atoms with Crippen molar-refractivity contribution >= 4 is 0 Å². The van der Waals surface area contributed by atoms with Crippen LogP contribution in [0, 0.1) is 0 Å². The van der Waals surface area contributed by atoms with Gasteiger partial charge in [0.2, 0.25) is 0 Å². The van der Waals surface area contributed by atoms with E-state index in [9.17, 15) is 15.3 Å². The minimum absolute atomic E-state index is 0.264. The Balaban J connectivity index is 2.77. The van der Waals surface area contributed by atoms with Crippen molar-refractivity contribution in [3.8, 4) is 0 Å². The SMILES string of the molecule is CCCCCCC1(O)O[C@H](CO)[C@@H](O)[C@H](O)[C@@]1(C)N. The van der Waals surface area contributed by atoms with Gasteiger partial charge in [0.05, 0.1) is 12.1 Å². The first-order valence-electron chi connectivity index (χ1n) is 6.96. The first kappa shape index (κ1) is 16.8. The number of unbranched alkanes of at least 4 members (excludes halogenated alkanes) is 3. The van der Waals surface area contributed by atoms with Crippen molar-refractivity contribution in [3.05, 3.63) is 0 Å². The van der Waals surface area contributed by atoms with Gasteiger partial charge in [0.15, 0.2) is 5.79 Å². The second-order valence-electron chi connectivity index (χ2n) is 5.65. The number of hydrogen-bond acceptors (Lipinski definition) is 6. The van der Waals surface area contributed by atoms with Crippen LogP contribution in [0.4, 0.5) is 0 Å². The van der Waals surface area contributed by atoms with E-state index in [0.29, 0.717) is 6.42 Å². The Morgan fingerprint density at radius 2 is 1.84 bits per heavy atom. The zero-order chi connectivity index (χ0) is 14.7. The summed E-state index contributed by atoms with van der Waals surface area (Å²) in [7, 11) is 0. The normalized spacial score (nSPS) is 43.4. The standard InChI is InChI=1S/C13H27NO5/c1-3-4-5-6-7-13(18)12(2,14)11(17)10(16)9(8-15)19-13/h9-11,15-18H,3-8,14H2,1-2H3/t9-,10-,11+,12-,13?/m1/s1. The van der Waals surface area contributed by atoms with E-state index in [1.54, 1.807) is 0 Å². The van der Waals surface area contributed by atoms with Crippen LogP contribution in [0.3, 0.4) is 0 Å². The van der Waals surface area contributed by atoms with Crippen LogP contribution in [-0.2, 0) is 4.74 Å². The molecule has 0 radical (unpaired) electrons. The van der Waals surface area contributed by atoms with Crippen molar-refractivity contribution in [1.82, 2.24) is 0 Å². The molecule has 1 fully saturated rings. The maximum Gasteiger partial charge on any atom is 0.186 e. The number of rotatable bonds is 6. The van der Waals surface area contributed by atoms with Crippen LogP contribution >= 0.6 is 0 Å². The van der Waals surface area contributed by atoms with Gasteiger partial charge < -0.3 is 30.9 Å². The van der Waals surface area contributed by atoms with Gasteiger partial charge in [-0.25, -0.2) is 0 Å². The lowest BCUT2D eigenvalue weighted by Gasteiger charge is -2.52. The molecule has 0 saturated carbocycles. The van der Waals surface area contributed by atoms with Crippen LogP contribution in [0.5, 0.6) is 0 Å². The molecule has 0 bridgehead atoms. The second-order valence-corrected chi connectivity index (χ2v) is 5.65. The van der Waals surface area contributed by atoms with Crippen LogP contribution in [0.15, 0.2) is 0 Å². The highest BCUT2D eigenvalue weighted by atomic mass is 16.6. The highest BCUT2D eigenvalue weighted by Crippen LogP contribution is 2.38. The Kier molecular flexibility index (Phi) is 5.73. The van der Waals surface area contributed by atoms with Crippen molar-refractivity contribution in [3.63, 3.8) is 0 Å². The van der Waals surface area contributed by atoms with Crippen molar-refractivity contribution in [1.29, 1.82) is 0 Å². The Bertz CT molecular complexity index is 286. The van der Waals surface area contributed by atoms with E-state index in [2.05, 4.69) is 6.92 Å². The zero-order valence-electron chi connectivity index (χ0n) is 11.7. The van der Waals surface area contributed by atoms with Crippen molar-refractivity contribution in [2.24, 2.45) is 5.73 Å². The summed E-state index contributed by atoms with van der Waals surface area (Å²) in [5.74, 6) is -1.74. The molecule has 1 aliphatic heterocycles. The predicted molar refractivity (Wildman–Crippen MR) is 70.3 cm³/mol. The molecule has 6 N–H and O–H groups in total. The maximum atomic E-state index is 10.6. The summed E-state index contributed by atoms with van der Waals surface area (Å²) in [5, 5.41) is 39.5. The third-order valence-electron chi connectivity index (χ3n) is 4.06. The van der Waals surface area contributed by atoms with Crippen molar-refractivity contribution < 1.29 is 25.2 Å². The molecular weight excluding hydrogens is 250 g/mol. The van der Waals surface area contributed by atoms with Crippen LogP contribution in [0.1, 0.15) is 46.0 Å². The lowest BCUT2D eigenvalue weighted by Crippen LogP contribution is -2.75. The van der Waals surface area contributed by atoms with E-state index < -0.39 is 36.2 Å². The van der Waals surface area contributed by atoms with E-state index in [-0.39, 0.29) is 6.42 Å². The Morgan fingerprint density at radius 1 is 1.21 bits per heavy atom. The molecule has 6 nitrogen and oxygen atoms in total. The largest absolute Gasteiger partial charge is 0.394 e. The quantitative estimate of drug-likeness (QED) is 0.417. The number of hydrogen-bond donors (Lipinski definition) is 5. The Hall–Kier alpha value is -0.240. The topological polar surface area (TPSA) is 116 Å². The van der Waals surface area contributed by atoms with Gasteiger partial charge in [-0.3, -0.25) is 0 Å². The number of ether oxygens (including phenoxy) is 1. The van der Waals surface area contributed by atoms with Crippen molar-refractivity contribution in [2.45, 2.75) is 75.6 Å². The van der Waals surface area contributed by atoms with E-state index in [1.165, 1.54) is 6.92 Å². The highest BCUT2D eigenvalue weighted by Gasteiger charge is 2.58. The summed E-state index contributed by atoms with van der Waals surface area (Å²) in [6.07, 6.45) is 0.332. The summed E-state index contributed by atoms with van der Waals surface area (Å²) in [6.45, 7) is 3.06. The van der Waals surface area contributed by atoms with Gasteiger partial charge in [0, 0.05) is 6.42 Å². The fourth-order valence-electron chi connectivity index (χ4n) is 2.50. The molecule has 1 rings (SSSR count). The summed E-state index contributed by atoms with van der Waals surface area (Å²) in [4.78, 5) is 0. The molecule has 1 heterocycles. The molecule has 114 valence electrons. The minimum atomic E-state index is -1.74. The third kappa shape index (κ3) is 3.26. The minimum Gasteiger partial charge on any atom is -0.394 e. The molecule has 19 heavy (non-hydrogen) atoms. The number of nitrogens with two attached hydrogens (primary N) is 1. The summed E-state index contributed by atoms with van der Waals surface area (Å²) >= 11 is 0. The Labute approximate surface area is 114 Å². The fraction of sp³-hybridized carbons (Fsp3) is 1.00. The van der Waals surface area contributed by atoms with E-state index in [0.717, 1.165) is 19.3 Å². The molecule has 0 aliphatic carbocycles. The molecule has 0 aromatic rings. The molecule has 0 spiro atoms. The average molecular weight is 277 g/mol. The molecular formula is C13H27NO5. The summed E-state index contributed by atoms with van der Waals surface area (Å²) in [6, 6.07) is 0. The first-order valence-corrected chi connectivity index (χ1v) is 6.96. The molecule has 1 unspecified atom stereocenters. The van der Waals surface area contributed by atoms with Crippen LogP contribution in [0.25, 0.3) is 0 Å². The van der Waals surface area contributed by atoms with Gasteiger partial charge >= 0.3 is 0 Å². The van der Waals surface area contributed by atoms with Crippen molar-refractivity contribution in [2.75, 3.05) is 6.61 Å².